The van der Waals surface area contributed by atoms with E-state index >= 15 is 0 Å². The summed E-state index contributed by atoms with van der Waals surface area (Å²) < 4.78 is 23.2. The van der Waals surface area contributed by atoms with Crippen LogP contribution in [0, 0.1) is 5.82 Å². The van der Waals surface area contributed by atoms with Gasteiger partial charge in [0.05, 0.1) is 13.2 Å². The largest absolute Gasteiger partial charge is 0.464 e. The van der Waals surface area contributed by atoms with Gasteiger partial charge in [0.15, 0.2) is 5.54 Å². The normalized spacial score (nSPS) is 22.8. The third-order valence-electron chi connectivity index (χ3n) is 2.92. The zero-order valence-corrected chi connectivity index (χ0v) is 10.2. The van der Waals surface area contributed by atoms with Gasteiger partial charge >= 0.3 is 5.97 Å². The van der Waals surface area contributed by atoms with Crippen molar-refractivity contribution in [1.29, 1.82) is 0 Å². The first-order chi connectivity index (χ1) is 8.66. The fourth-order valence-electron chi connectivity index (χ4n) is 1.95. The van der Waals surface area contributed by atoms with Gasteiger partial charge in [0.25, 0.3) is 0 Å². The molecule has 0 aliphatic carbocycles. The number of halogens is 1. The Morgan fingerprint density at radius 1 is 1.50 bits per heavy atom. The van der Waals surface area contributed by atoms with Gasteiger partial charge in [-0.05, 0) is 31.2 Å². The molecule has 1 atom stereocenters. The van der Waals surface area contributed by atoms with Crippen molar-refractivity contribution < 1.29 is 18.7 Å². The minimum absolute atomic E-state index is 0.267. The number of carbonyl (C=O) groups excluding carboxylic acids is 1. The Bertz CT molecular complexity index is 413. The lowest BCUT2D eigenvalue weighted by Gasteiger charge is -2.27. The van der Waals surface area contributed by atoms with Crippen LogP contribution in [0.1, 0.15) is 13.3 Å². The van der Waals surface area contributed by atoms with Gasteiger partial charge in [-0.1, -0.05) is 0 Å². The fourth-order valence-corrected chi connectivity index (χ4v) is 1.95. The van der Waals surface area contributed by atoms with Gasteiger partial charge in [-0.25, -0.2) is 9.18 Å². The van der Waals surface area contributed by atoms with Crippen molar-refractivity contribution in [3.8, 4) is 0 Å². The van der Waals surface area contributed by atoms with E-state index in [9.17, 15) is 9.18 Å². The predicted octanol–water partition coefficient (Wildman–Crippen LogP) is 1.96. The quantitative estimate of drug-likeness (QED) is 0.833. The molecule has 1 heterocycles. The standard InChI is InChI=1S/C13H16FNO3/c1-2-18-12(16)13(7-8-17-9-13)15-11-5-3-10(14)4-6-11/h3-6,15H,2,7-9H2,1H3. The van der Waals surface area contributed by atoms with Crippen LogP contribution in [0.5, 0.6) is 0 Å². The molecule has 0 bridgehead atoms. The van der Waals surface area contributed by atoms with E-state index in [1.54, 1.807) is 19.1 Å². The molecule has 0 aromatic heterocycles. The third-order valence-corrected chi connectivity index (χ3v) is 2.92. The Morgan fingerprint density at radius 3 is 2.78 bits per heavy atom. The van der Waals surface area contributed by atoms with Gasteiger partial charge in [0, 0.05) is 18.7 Å². The van der Waals surface area contributed by atoms with Crippen LogP contribution in [-0.4, -0.2) is 31.3 Å². The van der Waals surface area contributed by atoms with Crippen LogP contribution >= 0.6 is 0 Å². The number of anilines is 1. The topological polar surface area (TPSA) is 47.6 Å². The lowest BCUT2D eigenvalue weighted by Crippen LogP contribution is -2.48. The number of carbonyl (C=O) groups is 1. The number of esters is 1. The Labute approximate surface area is 105 Å². The molecule has 1 aliphatic rings. The van der Waals surface area contributed by atoms with Crippen molar-refractivity contribution >= 4 is 11.7 Å². The molecule has 1 saturated heterocycles. The highest BCUT2D eigenvalue weighted by molar-refractivity contribution is 5.85. The van der Waals surface area contributed by atoms with E-state index in [0.29, 0.717) is 25.3 Å². The first-order valence-electron chi connectivity index (χ1n) is 5.95. The van der Waals surface area contributed by atoms with Gasteiger partial charge < -0.3 is 14.8 Å². The Kier molecular flexibility index (Phi) is 3.81. The minimum atomic E-state index is -0.853. The molecule has 0 saturated carbocycles. The van der Waals surface area contributed by atoms with Crippen LogP contribution in [0.25, 0.3) is 0 Å². The summed E-state index contributed by atoms with van der Waals surface area (Å²) in [5.74, 6) is -0.639. The summed E-state index contributed by atoms with van der Waals surface area (Å²) in [5.41, 5.74) is -0.177. The zero-order valence-electron chi connectivity index (χ0n) is 10.2. The van der Waals surface area contributed by atoms with E-state index < -0.39 is 5.54 Å². The highest BCUT2D eigenvalue weighted by Crippen LogP contribution is 2.26. The van der Waals surface area contributed by atoms with E-state index in [4.69, 9.17) is 9.47 Å². The van der Waals surface area contributed by atoms with Crippen molar-refractivity contribution in [3.63, 3.8) is 0 Å². The molecule has 5 heteroatoms. The lowest BCUT2D eigenvalue weighted by molar-refractivity contribution is -0.148. The first kappa shape index (κ1) is 12.8. The number of hydrogen-bond acceptors (Lipinski definition) is 4. The zero-order chi connectivity index (χ0) is 13.0. The smallest absolute Gasteiger partial charge is 0.334 e. The maximum Gasteiger partial charge on any atom is 0.334 e. The van der Waals surface area contributed by atoms with Gasteiger partial charge in [-0.15, -0.1) is 0 Å². The first-order valence-corrected chi connectivity index (χ1v) is 5.95. The summed E-state index contributed by atoms with van der Waals surface area (Å²) in [6.07, 6.45) is 0.545. The highest BCUT2D eigenvalue weighted by Gasteiger charge is 2.43. The summed E-state index contributed by atoms with van der Waals surface area (Å²) in [5, 5.41) is 3.10. The van der Waals surface area contributed by atoms with Crippen LogP contribution in [0.15, 0.2) is 24.3 Å². The second kappa shape index (κ2) is 5.35. The molecule has 1 aromatic carbocycles. The van der Waals surface area contributed by atoms with E-state index in [1.807, 2.05) is 0 Å². The molecular weight excluding hydrogens is 237 g/mol. The van der Waals surface area contributed by atoms with Gasteiger partial charge in [-0.3, -0.25) is 0 Å². The van der Waals surface area contributed by atoms with Crippen molar-refractivity contribution in [1.82, 2.24) is 0 Å². The van der Waals surface area contributed by atoms with E-state index in [0.717, 1.165) is 0 Å². The maximum atomic E-state index is 12.8. The summed E-state index contributed by atoms with van der Waals surface area (Å²) in [6, 6.07) is 5.87. The molecular formula is C13H16FNO3. The summed E-state index contributed by atoms with van der Waals surface area (Å²) in [6.45, 7) is 2.86. The average molecular weight is 253 g/mol. The van der Waals surface area contributed by atoms with Crippen molar-refractivity contribution in [2.45, 2.75) is 18.9 Å². The molecule has 1 aliphatic heterocycles. The van der Waals surface area contributed by atoms with Crippen molar-refractivity contribution in [2.75, 3.05) is 25.1 Å². The molecule has 1 N–H and O–H groups in total. The molecule has 0 spiro atoms. The predicted molar refractivity (Wildman–Crippen MR) is 64.8 cm³/mol. The SMILES string of the molecule is CCOC(=O)C1(Nc2ccc(F)cc2)CCOC1. The molecule has 4 nitrogen and oxygen atoms in total. The molecule has 1 unspecified atom stereocenters. The number of nitrogens with one attached hydrogen (secondary N) is 1. The fraction of sp³-hybridized carbons (Fsp3) is 0.462. The molecule has 0 radical (unpaired) electrons. The molecule has 1 fully saturated rings. The van der Waals surface area contributed by atoms with Crippen LogP contribution < -0.4 is 5.32 Å². The van der Waals surface area contributed by atoms with Crippen molar-refractivity contribution in [3.05, 3.63) is 30.1 Å². The van der Waals surface area contributed by atoms with Crippen LogP contribution in [-0.2, 0) is 14.3 Å². The third kappa shape index (κ3) is 2.61. The maximum absolute atomic E-state index is 12.8. The number of rotatable bonds is 4. The monoisotopic (exact) mass is 253 g/mol. The van der Waals surface area contributed by atoms with Gasteiger partial charge in [-0.2, -0.15) is 0 Å². The van der Waals surface area contributed by atoms with Gasteiger partial charge in [0.1, 0.15) is 5.82 Å². The lowest BCUT2D eigenvalue weighted by atomic mass is 9.98. The van der Waals surface area contributed by atoms with Crippen LogP contribution in [0.3, 0.4) is 0 Å². The summed E-state index contributed by atoms with van der Waals surface area (Å²) in [4.78, 5) is 12.0. The summed E-state index contributed by atoms with van der Waals surface area (Å²) in [7, 11) is 0. The van der Waals surface area contributed by atoms with Crippen LogP contribution in [0.2, 0.25) is 0 Å². The summed E-state index contributed by atoms with van der Waals surface area (Å²) >= 11 is 0. The molecule has 1 aromatic rings. The average Bonchev–Trinajstić information content (AvgIpc) is 2.82. The van der Waals surface area contributed by atoms with Crippen LogP contribution in [0.4, 0.5) is 10.1 Å². The van der Waals surface area contributed by atoms with Gasteiger partial charge in [0.2, 0.25) is 0 Å². The Hall–Kier alpha value is -1.62. The Morgan fingerprint density at radius 2 is 2.22 bits per heavy atom. The number of benzene rings is 1. The van der Waals surface area contributed by atoms with E-state index in [-0.39, 0.29) is 18.4 Å². The van der Waals surface area contributed by atoms with Crippen molar-refractivity contribution in [2.24, 2.45) is 0 Å². The molecule has 18 heavy (non-hydrogen) atoms. The molecule has 0 amide bonds. The highest BCUT2D eigenvalue weighted by atomic mass is 19.1. The van der Waals surface area contributed by atoms with E-state index in [1.165, 1.54) is 12.1 Å². The number of ether oxygens (including phenoxy) is 2. The molecule has 98 valence electrons. The molecule has 2 rings (SSSR count). The number of hydrogen-bond donors (Lipinski definition) is 1. The second-order valence-electron chi connectivity index (χ2n) is 4.24. The minimum Gasteiger partial charge on any atom is -0.464 e. The Balaban J connectivity index is 2.15. The second-order valence-corrected chi connectivity index (χ2v) is 4.24. The van der Waals surface area contributed by atoms with E-state index in [2.05, 4.69) is 5.32 Å².